The van der Waals surface area contributed by atoms with Crippen molar-refractivity contribution in [3.05, 3.63) is 71.1 Å². The third kappa shape index (κ3) is 3.30. The summed E-state index contributed by atoms with van der Waals surface area (Å²) >= 11 is 0. The maximum absolute atomic E-state index is 13.4. The first-order chi connectivity index (χ1) is 13.7. The van der Waals surface area contributed by atoms with Gasteiger partial charge in [-0.3, -0.25) is 9.78 Å². The molecule has 5 rings (SSSR count). The van der Waals surface area contributed by atoms with Crippen molar-refractivity contribution in [3.8, 4) is 11.5 Å². The first-order valence-corrected chi connectivity index (χ1v) is 9.70. The van der Waals surface area contributed by atoms with Gasteiger partial charge in [0, 0.05) is 35.4 Å². The molecular weight excluding hydrogens is 357 g/mol. The number of hydrogen-bond acceptors (Lipinski definition) is 4. The number of amides is 1. The number of aryl methyl sites for hydroxylation is 1. The molecule has 5 nitrogen and oxygen atoms in total. The molecule has 0 spiro atoms. The summed E-state index contributed by atoms with van der Waals surface area (Å²) in [6.45, 7) is 0. The van der Waals surface area contributed by atoms with Gasteiger partial charge in [-0.15, -0.1) is 0 Å². The van der Waals surface area contributed by atoms with Gasteiger partial charge in [0.2, 0.25) is 5.89 Å². The van der Waals surface area contributed by atoms with Crippen LogP contribution in [0.2, 0.25) is 0 Å². The maximum Gasteiger partial charge on any atom is 0.251 e. The van der Waals surface area contributed by atoms with E-state index in [-0.39, 0.29) is 11.9 Å². The highest BCUT2D eigenvalue weighted by Crippen LogP contribution is 2.40. The lowest BCUT2D eigenvalue weighted by Gasteiger charge is -2.21. The van der Waals surface area contributed by atoms with E-state index in [2.05, 4.69) is 16.4 Å². The summed E-state index contributed by atoms with van der Waals surface area (Å²) < 4.78 is 19.5. The lowest BCUT2D eigenvalue weighted by molar-refractivity contribution is 0.0931. The van der Waals surface area contributed by atoms with Gasteiger partial charge < -0.3 is 9.73 Å². The number of fused-ring (bicyclic) bond motifs is 1. The van der Waals surface area contributed by atoms with E-state index in [1.54, 1.807) is 12.3 Å². The molecule has 0 aliphatic heterocycles. The van der Waals surface area contributed by atoms with Crippen LogP contribution in [0.5, 0.6) is 0 Å². The number of pyridine rings is 1. The fourth-order valence-corrected chi connectivity index (χ4v) is 3.74. The normalized spacial score (nSPS) is 18.5. The molecule has 0 saturated heterocycles. The maximum atomic E-state index is 13.4. The van der Waals surface area contributed by atoms with E-state index in [1.807, 2.05) is 6.07 Å². The van der Waals surface area contributed by atoms with Crippen molar-refractivity contribution in [1.29, 1.82) is 0 Å². The van der Waals surface area contributed by atoms with Gasteiger partial charge in [0.15, 0.2) is 0 Å². The number of carbonyl (C=O) groups is 1. The molecule has 6 heteroatoms. The smallest absolute Gasteiger partial charge is 0.251 e. The molecule has 142 valence electrons. The number of hydrogen-bond donors (Lipinski definition) is 1. The molecule has 1 saturated carbocycles. The molecular formula is C22H20FN3O2. The summed E-state index contributed by atoms with van der Waals surface area (Å²) in [6.07, 6.45) is 6.66. The van der Waals surface area contributed by atoms with Crippen molar-refractivity contribution in [2.45, 2.75) is 44.1 Å². The molecule has 2 aliphatic carbocycles. The third-order valence-corrected chi connectivity index (χ3v) is 5.37. The quantitative estimate of drug-likeness (QED) is 0.724. The Labute approximate surface area is 162 Å². The number of halogens is 1. The Kier molecular flexibility index (Phi) is 4.19. The molecule has 2 aromatic heterocycles. The third-order valence-electron chi connectivity index (χ3n) is 5.37. The van der Waals surface area contributed by atoms with Crippen molar-refractivity contribution < 1.29 is 13.6 Å². The summed E-state index contributed by atoms with van der Waals surface area (Å²) in [5, 5.41) is 2.98. The van der Waals surface area contributed by atoms with Crippen LogP contribution in [0, 0.1) is 5.82 Å². The lowest BCUT2D eigenvalue weighted by atomic mass is 9.96. The minimum absolute atomic E-state index is 0.234. The predicted octanol–water partition coefficient (Wildman–Crippen LogP) is 4.56. The molecule has 0 radical (unpaired) electrons. The van der Waals surface area contributed by atoms with Gasteiger partial charge in [0.25, 0.3) is 5.91 Å². The van der Waals surface area contributed by atoms with E-state index in [1.165, 1.54) is 31.0 Å². The number of benzene rings is 1. The van der Waals surface area contributed by atoms with E-state index in [9.17, 15) is 9.18 Å². The Morgan fingerprint density at radius 1 is 1.18 bits per heavy atom. The van der Waals surface area contributed by atoms with E-state index < -0.39 is 5.82 Å². The van der Waals surface area contributed by atoms with Crippen molar-refractivity contribution in [3.63, 3.8) is 0 Å². The van der Waals surface area contributed by atoms with Gasteiger partial charge in [0.1, 0.15) is 17.3 Å². The minimum atomic E-state index is -0.426. The lowest BCUT2D eigenvalue weighted by Crippen LogP contribution is -2.31. The number of rotatable bonds is 4. The van der Waals surface area contributed by atoms with Crippen molar-refractivity contribution in [1.82, 2.24) is 15.3 Å². The van der Waals surface area contributed by atoms with Gasteiger partial charge in [-0.1, -0.05) is 6.07 Å². The van der Waals surface area contributed by atoms with Crippen LogP contribution in [-0.4, -0.2) is 15.9 Å². The van der Waals surface area contributed by atoms with Crippen LogP contribution < -0.4 is 5.32 Å². The van der Waals surface area contributed by atoms with E-state index in [0.29, 0.717) is 17.4 Å². The van der Waals surface area contributed by atoms with Crippen LogP contribution in [0.1, 0.15) is 65.1 Å². The molecule has 0 bridgehead atoms. The molecule has 1 amide bonds. The van der Waals surface area contributed by atoms with Crippen LogP contribution in [-0.2, 0) is 6.42 Å². The van der Waals surface area contributed by atoms with Crippen LogP contribution in [0.15, 0.2) is 47.0 Å². The average Bonchev–Trinajstić information content (AvgIpc) is 3.47. The van der Waals surface area contributed by atoms with Crippen LogP contribution in [0.25, 0.3) is 11.5 Å². The molecule has 1 unspecified atom stereocenters. The van der Waals surface area contributed by atoms with Gasteiger partial charge in [-0.2, -0.15) is 0 Å². The first-order valence-electron chi connectivity index (χ1n) is 9.70. The topological polar surface area (TPSA) is 68.0 Å². The van der Waals surface area contributed by atoms with Crippen molar-refractivity contribution >= 4 is 5.91 Å². The molecule has 2 heterocycles. The number of nitrogens with one attached hydrogen (secondary N) is 1. The summed E-state index contributed by atoms with van der Waals surface area (Å²) in [5.74, 6) is 1.21. The summed E-state index contributed by atoms with van der Waals surface area (Å²) in [5.41, 5.74) is 3.08. The Morgan fingerprint density at radius 3 is 2.89 bits per heavy atom. The zero-order valence-corrected chi connectivity index (χ0v) is 15.3. The zero-order chi connectivity index (χ0) is 19.1. The molecule has 2 aliphatic rings. The van der Waals surface area contributed by atoms with Gasteiger partial charge in [-0.25, -0.2) is 9.37 Å². The summed E-state index contributed by atoms with van der Waals surface area (Å²) in [7, 11) is 0. The van der Waals surface area contributed by atoms with E-state index in [4.69, 9.17) is 9.40 Å². The van der Waals surface area contributed by atoms with Crippen LogP contribution in [0.4, 0.5) is 4.39 Å². The Hall–Kier alpha value is -3.02. The van der Waals surface area contributed by atoms with Gasteiger partial charge >= 0.3 is 0 Å². The molecule has 3 aromatic rings. The summed E-state index contributed by atoms with van der Waals surface area (Å²) in [6, 6.07) is 9.42. The highest BCUT2D eigenvalue weighted by atomic mass is 19.1. The fourth-order valence-electron chi connectivity index (χ4n) is 3.74. The monoisotopic (exact) mass is 377 g/mol. The minimum Gasteiger partial charge on any atom is -0.441 e. The zero-order valence-electron chi connectivity index (χ0n) is 15.3. The standard InChI is InChI=1S/C22H20FN3O2/c23-16-4-1-3-14(11-16)21(27)25-17-5-2-6-19-20(17)26-22(28-19)15-9-10-24-18(12-15)13-7-8-13/h1,3-4,9-13,17H,2,5-8H2,(H,25,27). The number of nitrogens with zero attached hydrogens (tertiary/aromatic N) is 2. The molecule has 1 N–H and O–H groups in total. The predicted molar refractivity (Wildman–Crippen MR) is 101 cm³/mol. The van der Waals surface area contributed by atoms with Crippen LogP contribution in [0.3, 0.4) is 0 Å². The average molecular weight is 377 g/mol. The highest BCUT2D eigenvalue weighted by Gasteiger charge is 2.29. The molecule has 1 aromatic carbocycles. The molecule has 28 heavy (non-hydrogen) atoms. The first kappa shape index (κ1) is 17.1. The number of carbonyl (C=O) groups excluding carboxylic acids is 1. The van der Waals surface area contributed by atoms with E-state index in [0.717, 1.165) is 42.0 Å². The van der Waals surface area contributed by atoms with Gasteiger partial charge in [-0.05, 0) is 56.0 Å². The van der Waals surface area contributed by atoms with E-state index >= 15 is 0 Å². The fraction of sp³-hybridized carbons (Fsp3) is 0.318. The summed E-state index contributed by atoms with van der Waals surface area (Å²) in [4.78, 5) is 21.7. The number of aromatic nitrogens is 2. The second-order valence-electron chi connectivity index (χ2n) is 7.50. The Morgan fingerprint density at radius 2 is 2.07 bits per heavy atom. The van der Waals surface area contributed by atoms with Crippen molar-refractivity contribution in [2.24, 2.45) is 0 Å². The largest absolute Gasteiger partial charge is 0.441 e. The second-order valence-corrected chi connectivity index (χ2v) is 7.50. The second kappa shape index (κ2) is 6.86. The van der Waals surface area contributed by atoms with Gasteiger partial charge in [0.05, 0.1) is 6.04 Å². The molecule has 1 fully saturated rings. The number of oxazole rings is 1. The highest BCUT2D eigenvalue weighted by molar-refractivity contribution is 5.94. The van der Waals surface area contributed by atoms with Crippen LogP contribution >= 0.6 is 0 Å². The van der Waals surface area contributed by atoms with Crippen molar-refractivity contribution in [2.75, 3.05) is 0 Å². The SMILES string of the molecule is O=C(NC1CCCc2oc(-c3ccnc(C4CC4)c3)nc21)c1cccc(F)c1. The Balaban J connectivity index is 1.41. The molecule has 1 atom stereocenters. The Bertz CT molecular complexity index is 1040.